The predicted octanol–water partition coefficient (Wildman–Crippen LogP) is 3.77. The Morgan fingerprint density at radius 1 is 1.17 bits per heavy atom. The van der Waals surface area contributed by atoms with Crippen molar-refractivity contribution in [3.05, 3.63) is 34.9 Å². The van der Waals surface area contributed by atoms with Gasteiger partial charge in [-0.3, -0.25) is 0 Å². The van der Waals surface area contributed by atoms with E-state index in [1.807, 2.05) is 0 Å². The van der Waals surface area contributed by atoms with Crippen LogP contribution < -0.4 is 5.32 Å². The van der Waals surface area contributed by atoms with Gasteiger partial charge in [-0.1, -0.05) is 42.7 Å². The van der Waals surface area contributed by atoms with Crippen LogP contribution in [0.15, 0.2) is 18.2 Å². The first-order valence-corrected chi connectivity index (χ1v) is 6.90. The lowest BCUT2D eigenvalue weighted by molar-refractivity contribution is 0.157. The van der Waals surface area contributed by atoms with Crippen molar-refractivity contribution in [1.82, 2.24) is 5.32 Å². The zero-order valence-electron chi connectivity index (χ0n) is 12.4. The molecule has 0 aliphatic heterocycles. The number of aryl methyl sites for hydroxylation is 2. The lowest BCUT2D eigenvalue weighted by Gasteiger charge is -2.23. The highest BCUT2D eigenvalue weighted by molar-refractivity contribution is 5.30. The van der Waals surface area contributed by atoms with Crippen molar-refractivity contribution < 1.29 is 4.74 Å². The Balaban J connectivity index is 2.69. The first-order chi connectivity index (χ1) is 8.56. The molecule has 1 N–H and O–H groups in total. The van der Waals surface area contributed by atoms with Gasteiger partial charge in [0.05, 0.1) is 6.61 Å². The molecule has 0 saturated carbocycles. The number of hydrogen-bond acceptors (Lipinski definition) is 2. The van der Waals surface area contributed by atoms with Gasteiger partial charge in [-0.2, -0.15) is 0 Å². The van der Waals surface area contributed by atoms with Gasteiger partial charge < -0.3 is 10.1 Å². The molecule has 0 amide bonds. The SMILES string of the molecule is CCCC(COC)NC(C)c1cc(C)cc(C)c1. The fourth-order valence-corrected chi connectivity index (χ4v) is 2.47. The van der Waals surface area contributed by atoms with Crippen LogP contribution in [0, 0.1) is 13.8 Å². The molecule has 2 heteroatoms. The monoisotopic (exact) mass is 249 g/mol. The topological polar surface area (TPSA) is 21.3 Å². The third kappa shape index (κ3) is 4.79. The summed E-state index contributed by atoms with van der Waals surface area (Å²) in [6, 6.07) is 7.56. The quantitative estimate of drug-likeness (QED) is 0.794. The van der Waals surface area contributed by atoms with Gasteiger partial charge in [0.25, 0.3) is 0 Å². The number of benzene rings is 1. The van der Waals surface area contributed by atoms with Crippen molar-refractivity contribution in [2.24, 2.45) is 0 Å². The van der Waals surface area contributed by atoms with E-state index in [1.54, 1.807) is 7.11 Å². The van der Waals surface area contributed by atoms with Crippen LogP contribution in [-0.4, -0.2) is 19.8 Å². The molecule has 0 aromatic heterocycles. The molecule has 0 aliphatic carbocycles. The molecular weight excluding hydrogens is 222 g/mol. The van der Waals surface area contributed by atoms with Crippen LogP contribution in [0.2, 0.25) is 0 Å². The lowest BCUT2D eigenvalue weighted by atomic mass is 10.0. The van der Waals surface area contributed by atoms with Crippen molar-refractivity contribution in [3.8, 4) is 0 Å². The molecule has 0 bridgehead atoms. The fraction of sp³-hybridized carbons (Fsp3) is 0.625. The molecular formula is C16H27NO. The van der Waals surface area contributed by atoms with E-state index >= 15 is 0 Å². The lowest BCUT2D eigenvalue weighted by Crippen LogP contribution is -2.35. The summed E-state index contributed by atoms with van der Waals surface area (Å²) < 4.78 is 5.28. The molecule has 0 fully saturated rings. The average molecular weight is 249 g/mol. The molecule has 18 heavy (non-hydrogen) atoms. The standard InChI is InChI=1S/C16H27NO/c1-6-7-16(11-18-5)17-14(4)15-9-12(2)8-13(3)10-15/h8-10,14,16-17H,6-7,11H2,1-5H3. The largest absolute Gasteiger partial charge is 0.383 e. The van der Waals surface area contributed by atoms with Crippen LogP contribution in [0.5, 0.6) is 0 Å². The highest BCUT2D eigenvalue weighted by atomic mass is 16.5. The van der Waals surface area contributed by atoms with E-state index in [2.05, 4.69) is 51.2 Å². The Hall–Kier alpha value is -0.860. The van der Waals surface area contributed by atoms with Crippen molar-refractivity contribution in [2.45, 2.75) is 52.6 Å². The second-order valence-corrected chi connectivity index (χ2v) is 5.25. The van der Waals surface area contributed by atoms with Crippen LogP contribution in [-0.2, 0) is 4.74 Å². The minimum absolute atomic E-state index is 0.371. The van der Waals surface area contributed by atoms with Crippen molar-refractivity contribution >= 4 is 0 Å². The van der Waals surface area contributed by atoms with Gasteiger partial charge >= 0.3 is 0 Å². The molecule has 0 radical (unpaired) electrons. The van der Waals surface area contributed by atoms with Gasteiger partial charge in [0.15, 0.2) is 0 Å². The molecule has 2 atom stereocenters. The summed E-state index contributed by atoms with van der Waals surface area (Å²) in [5.74, 6) is 0. The van der Waals surface area contributed by atoms with Crippen molar-refractivity contribution in [3.63, 3.8) is 0 Å². The first kappa shape index (κ1) is 15.2. The minimum Gasteiger partial charge on any atom is -0.383 e. The average Bonchev–Trinajstić information content (AvgIpc) is 2.28. The maximum Gasteiger partial charge on any atom is 0.0616 e. The van der Waals surface area contributed by atoms with Crippen LogP contribution in [0.3, 0.4) is 0 Å². The summed E-state index contributed by atoms with van der Waals surface area (Å²) >= 11 is 0. The Morgan fingerprint density at radius 2 is 1.78 bits per heavy atom. The van der Waals surface area contributed by atoms with Crippen LogP contribution in [0.4, 0.5) is 0 Å². The molecule has 0 spiro atoms. The van der Waals surface area contributed by atoms with Gasteiger partial charge in [-0.25, -0.2) is 0 Å². The Kier molecular flexibility index (Phi) is 6.37. The molecule has 2 nitrogen and oxygen atoms in total. The third-order valence-electron chi connectivity index (χ3n) is 3.23. The minimum atomic E-state index is 0.371. The van der Waals surface area contributed by atoms with Crippen molar-refractivity contribution in [1.29, 1.82) is 0 Å². The smallest absolute Gasteiger partial charge is 0.0616 e. The van der Waals surface area contributed by atoms with Gasteiger partial charge in [-0.15, -0.1) is 0 Å². The molecule has 1 aromatic carbocycles. The van der Waals surface area contributed by atoms with Gasteiger partial charge in [0.1, 0.15) is 0 Å². The molecule has 2 unspecified atom stereocenters. The molecule has 102 valence electrons. The van der Waals surface area contributed by atoms with Gasteiger partial charge in [-0.05, 0) is 32.8 Å². The highest BCUT2D eigenvalue weighted by Gasteiger charge is 2.13. The third-order valence-corrected chi connectivity index (χ3v) is 3.23. The molecule has 1 rings (SSSR count). The van der Waals surface area contributed by atoms with Gasteiger partial charge in [0, 0.05) is 19.2 Å². The fourth-order valence-electron chi connectivity index (χ4n) is 2.47. The zero-order valence-corrected chi connectivity index (χ0v) is 12.4. The van der Waals surface area contributed by atoms with E-state index in [0.717, 1.165) is 13.0 Å². The number of ether oxygens (including phenoxy) is 1. The summed E-state index contributed by atoms with van der Waals surface area (Å²) in [6.07, 6.45) is 2.34. The van der Waals surface area contributed by atoms with E-state index in [0.29, 0.717) is 12.1 Å². The Labute approximate surface area is 112 Å². The van der Waals surface area contributed by atoms with E-state index in [1.165, 1.54) is 23.1 Å². The van der Waals surface area contributed by atoms with Crippen LogP contribution >= 0.6 is 0 Å². The van der Waals surface area contributed by atoms with Gasteiger partial charge in [0.2, 0.25) is 0 Å². The van der Waals surface area contributed by atoms with E-state index in [4.69, 9.17) is 4.74 Å². The number of hydrogen-bond donors (Lipinski definition) is 1. The van der Waals surface area contributed by atoms with Crippen LogP contribution in [0.25, 0.3) is 0 Å². The summed E-state index contributed by atoms with van der Waals surface area (Å²) in [4.78, 5) is 0. The number of nitrogens with one attached hydrogen (secondary N) is 1. The van der Waals surface area contributed by atoms with E-state index < -0.39 is 0 Å². The first-order valence-electron chi connectivity index (χ1n) is 6.90. The maximum absolute atomic E-state index is 5.28. The second kappa shape index (κ2) is 7.55. The molecule has 1 aromatic rings. The second-order valence-electron chi connectivity index (χ2n) is 5.25. The Morgan fingerprint density at radius 3 is 2.28 bits per heavy atom. The highest BCUT2D eigenvalue weighted by Crippen LogP contribution is 2.17. The summed E-state index contributed by atoms with van der Waals surface area (Å²) in [7, 11) is 1.77. The normalized spacial score (nSPS) is 14.5. The summed E-state index contributed by atoms with van der Waals surface area (Å²) in [5, 5.41) is 3.66. The number of methoxy groups -OCH3 is 1. The molecule has 0 aliphatic rings. The predicted molar refractivity (Wildman–Crippen MR) is 78.0 cm³/mol. The Bertz CT molecular complexity index is 336. The van der Waals surface area contributed by atoms with Crippen molar-refractivity contribution in [2.75, 3.05) is 13.7 Å². The van der Waals surface area contributed by atoms with Crippen LogP contribution in [0.1, 0.15) is 49.4 Å². The molecule has 0 heterocycles. The summed E-state index contributed by atoms with van der Waals surface area (Å²) in [6.45, 7) is 9.53. The zero-order chi connectivity index (χ0) is 13.5. The van der Waals surface area contributed by atoms with E-state index in [9.17, 15) is 0 Å². The number of rotatable bonds is 7. The summed E-state index contributed by atoms with van der Waals surface area (Å²) in [5.41, 5.74) is 4.03. The van der Waals surface area contributed by atoms with E-state index in [-0.39, 0.29) is 0 Å². The maximum atomic E-state index is 5.28. The molecule has 0 saturated heterocycles.